The summed E-state index contributed by atoms with van der Waals surface area (Å²) >= 11 is 0. The van der Waals surface area contributed by atoms with Crippen molar-refractivity contribution in [1.82, 2.24) is 0 Å². The first-order valence-electron chi connectivity index (χ1n) is 8.20. The lowest BCUT2D eigenvalue weighted by Crippen LogP contribution is -2.10. The van der Waals surface area contributed by atoms with E-state index in [0.717, 1.165) is 6.42 Å². The van der Waals surface area contributed by atoms with Gasteiger partial charge in [0.2, 0.25) is 0 Å². The van der Waals surface area contributed by atoms with Gasteiger partial charge in [-0.1, -0.05) is 75.7 Å². The molecule has 0 unspecified atom stereocenters. The maximum absolute atomic E-state index is 2.34. The van der Waals surface area contributed by atoms with Crippen molar-refractivity contribution < 1.29 is 0 Å². The zero-order chi connectivity index (χ0) is 15.9. The molecule has 0 heterocycles. The minimum Gasteiger partial charge on any atom is -0.0616 e. The lowest BCUT2D eigenvalue weighted by molar-refractivity contribution is 0.590. The van der Waals surface area contributed by atoms with Crippen LogP contribution in [0.3, 0.4) is 0 Å². The minimum absolute atomic E-state index is 0.205. The monoisotopic (exact) mass is 289 g/mol. The van der Waals surface area contributed by atoms with Gasteiger partial charge in [-0.2, -0.15) is 0 Å². The first-order valence-corrected chi connectivity index (χ1v) is 8.20. The van der Waals surface area contributed by atoms with Crippen molar-refractivity contribution in [3.8, 4) is 11.1 Å². The zero-order valence-electron chi connectivity index (χ0n) is 14.3. The molecule has 22 heavy (non-hydrogen) atoms. The molecule has 0 saturated heterocycles. The molecule has 2 aromatic rings. The highest BCUT2D eigenvalue weighted by Crippen LogP contribution is 2.41. The van der Waals surface area contributed by atoms with Crippen LogP contribution >= 0.6 is 0 Å². The highest BCUT2D eigenvalue weighted by molar-refractivity contribution is 5.89. The van der Waals surface area contributed by atoms with Gasteiger partial charge in [-0.15, -0.1) is 0 Å². The van der Waals surface area contributed by atoms with E-state index in [9.17, 15) is 0 Å². The molecular formula is C22H25. The second-order valence-corrected chi connectivity index (χ2v) is 7.25. The van der Waals surface area contributed by atoms with Crippen LogP contribution in [0, 0.1) is 6.42 Å². The van der Waals surface area contributed by atoms with E-state index in [0.29, 0.717) is 0 Å². The molecule has 0 saturated carbocycles. The van der Waals surface area contributed by atoms with Crippen LogP contribution in [0.15, 0.2) is 48.0 Å². The average Bonchev–Trinajstić information content (AvgIpc) is 2.83. The number of hydrogen-bond acceptors (Lipinski definition) is 0. The van der Waals surface area contributed by atoms with E-state index >= 15 is 0 Å². The first kappa shape index (κ1) is 15.1. The standard InChI is InChI=1S/C22H25/c1-6-16-14-18-8-7-9-20(21(18)15(16)2)17-10-12-19(13-11-17)22(3,4)5/h7-14H,6H2,1-5H3. The Morgan fingerprint density at radius 2 is 1.59 bits per heavy atom. The van der Waals surface area contributed by atoms with Crippen LogP contribution in [-0.4, -0.2) is 0 Å². The Morgan fingerprint density at radius 1 is 0.909 bits per heavy atom. The summed E-state index contributed by atoms with van der Waals surface area (Å²) in [6.07, 6.45) is 3.45. The molecule has 0 amide bonds. The molecule has 0 aromatic heterocycles. The molecule has 0 N–H and O–H groups in total. The second kappa shape index (κ2) is 5.43. The van der Waals surface area contributed by atoms with Crippen molar-refractivity contribution in [2.24, 2.45) is 0 Å². The van der Waals surface area contributed by atoms with Crippen molar-refractivity contribution in [3.63, 3.8) is 0 Å². The fraction of sp³-hybridized carbons (Fsp3) is 0.318. The molecular weight excluding hydrogens is 264 g/mol. The van der Waals surface area contributed by atoms with Crippen molar-refractivity contribution in [2.75, 3.05) is 0 Å². The van der Waals surface area contributed by atoms with Crippen LogP contribution in [-0.2, 0) is 5.41 Å². The molecule has 0 fully saturated rings. The van der Waals surface area contributed by atoms with Gasteiger partial charge in [0.25, 0.3) is 0 Å². The van der Waals surface area contributed by atoms with Crippen molar-refractivity contribution in [3.05, 3.63) is 71.1 Å². The molecule has 0 aliphatic heterocycles. The minimum atomic E-state index is 0.205. The normalized spacial score (nSPS) is 14.4. The van der Waals surface area contributed by atoms with Crippen LogP contribution in [0.1, 0.15) is 57.7 Å². The van der Waals surface area contributed by atoms with Crippen molar-refractivity contribution >= 4 is 5.57 Å². The van der Waals surface area contributed by atoms with Gasteiger partial charge in [0.1, 0.15) is 0 Å². The van der Waals surface area contributed by atoms with E-state index in [-0.39, 0.29) is 5.41 Å². The van der Waals surface area contributed by atoms with E-state index in [2.05, 4.69) is 83.5 Å². The Morgan fingerprint density at radius 3 is 2.18 bits per heavy atom. The number of benzene rings is 2. The third kappa shape index (κ3) is 2.52. The number of hydrogen-bond donors (Lipinski definition) is 0. The van der Waals surface area contributed by atoms with E-state index in [4.69, 9.17) is 0 Å². The van der Waals surface area contributed by atoms with Crippen molar-refractivity contribution in [2.45, 2.75) is 46.5 Å². The molecule has 0 bridgehead atoms. The van der Waals surface area contributed by atoms with Crippen LogP contribution in [0.5, 0.6) is 0 Å². The summed E-state index contributed by atoms with van der Waals surface area (Å²) in [4.78, 5) is 0. The van der Waals surface area contributed by atoms with E-state index in [1.807, 2.05) is 0 Å². The maximum atomic E-state index is 2.34. The Kier molecular flexibility index (Phi) is 3.72. The lowest BCUT2D eigenvalue weighted by atomic mass is 9.85. The van der Waals surface area contributed by atoms with Gasteiger partial charge < -0.3 is 0 Å². The zero-order valence-corrected chi connectivity index (χ0v) is 14.3. The quantitative estimate of drug-likeness (QED) is 0.600. The fourth-order valence-corrected chi connectivity index (χ4v) is 3.32. The highest BCUT2D eigenvalue weighted by atomic mass is 14.3. The number of fused-ring (bicyclic) bond motifs is 1. The first-order chi connectivity index (χ1) is 10.4. The predicted molar refractivity (Wildman–Crippen MR) is 96.9 cm³/mol. The summed E-state index contributed by atoms with van der Waals surface area (Å²) in [5.41, 5.74) is 9.95. The summed E-state index contributed by atoms with van der Waals surface area (Å²) in [6, 6.07) is 15.7. The van der Waals surface area contributed by atoms with Crippen LogP contribution < -0.4 is 0 Å². The van der Waals surface area contributed by atoms with E-state index in [1.165, 1.54) is 39.0 Å². The van der Waals surface area contributed by atoms with Gasteiger partial charge >= 0.3 is 0 Å². The predicted octanol–water partition coefficient (Wildman–Crippen LogP) is 6.40. The largest absolute Gasteiger partial charge is 0.0616 e. The van der Waals surface area contributed by atoms with Gasteiger partial charge in [0.05, 0.1) is 0 Å². The third-order valence-corrected chi connectivity index (χ3v) is 4.73. The molecule has 1 radical (unpaired) electrons. The van der Waals surface area contributed by atoms with Gasteiger partial charge in [0.15, 0.2) is 0 Å². The average molecular weight is 289 g/mol. The molecule has 0 nitrogen and oxygen atoms in total. The highest BCUT2D eigenvalue weighted by Gasteiger charge is 2.21. The van der Waals surface area contributed by atoms with Gasteiger partial charge in [0, 0.05) is 6.42 Å². The van der Waals surface area contributed by atoms with E-state index < -0.39 is 0 Å². The van der Waals surface area contributed by atoms with Gasteiger partial charge in [-0.3, -0.25) is 0 Å². The lowest BCUT2D eigenvalue weighted by Gasteiger charge is -2.19. The number of rotatable bonds is 2. The third-order valence-electron chi connectivity index (χ3n) is 4.73. The van der Waals surface area contributed by atoms with Crippen LogP contribution in [0.4, 0.5) is 0 Å². The summed E-state index contributed by atoms with van der Waals surface area (Å²) in [5.74, 6) is 0. The Balaban J connectivity index is 2.08. The number of allylic oxidation sites excluding steroid dienone is 2. The summed E-state index contributed by atoms with van der Waals surface area (Å²) < 4.78 is 0. The van der Waals surface area contributed by atoms with Crippen LogP contribution in [0.2, 0.25) is 0 Å². The Hall–Kier alpha value is -1.82. The topological polar surface area (TPSA) is 0 Å². The molecule has 1 aliphatic carbocycles. The summed E-state index contributed by atoms with van der Waals surface area (Å²) in [7, 11) is 0. The molecule has 0 spiro atoms. The van der Waals surface area contributed by atoms with E-state index in [1.54, 1.807) is 0 Å². The summed E-state index contributed by atoms with van der Waals surface area (Å²) in [6.45, 7) is 11.3. The molecule has 0 heteroatoms. The molecule has 3 rings (SSSR count). The van der Waals surface area contributed by atoms with Gasteiger partial charge in [-0.25, -0.2) is 0 Å². The Bertz CT molecular complexity index is 722. The molecule has 0 atom stereocenters. The molecule has 1 aliphatic rings. The molecule has 113 valence electrons. The SMILES string of the molecule is CCC1=C(C)c2c(cccc2-c2ccc(C(C)(C)C)cc2)[CH]1. The Labute approximate surface area is 134 Å². The smallest absolute Gasteiger partial charge is 0.0167 e. The second-order valence-electron chi connectivity index (χ2n) is 7.25. The van der Waals surface area contributed by atoms with Crippen LogP contribution in [0.25, 0.3) is 16.7 Å². The summed E-state index contributed by atoms with van der Waals surface area (Å²) in [5, 5.41) is 0. The van der Waals surface area contributed by atoms with Gasteiger partial charge in [-0.05, 0) is 52.1 Å². The maximum Gasteiger partial charge on any atom is 0.0167 e. The fourth-order valence-electron chi connectivity index (χ4n) is 3.32. The van der Waals surface area contributed by atoms with Crippen molar-refractivity contribution in [1.29, 1.82) is 0 Å². The molecule has 2 aromatic carbocycles.